The zero-order valence-corrected chi connectivity index (χ0v) is 12.0. The Morgan fingerprint density at radius 2 is 2.00 bits per heavy atom. The predicted molar refractivity (Wildman–Crippen MR) is 82.2 cm³/mol. The molecule has 1 aromatic carbocycles. The molecule has 0 bridgehead atoms. The molecular formula is C17H24N2O. The summed E-state index contributed by atoms with van der Waals surface area (Å²) in [6.45, 7) is 4.40. The van der Waals surface area contributed by atoms with Crippen LogP contribution in [0.1, 0.15) is 43.7 Å². The van der Waals surface area contributed by atoms with Gasteiger partial charge >= 0.3 is 0 Å². The fourth-order valence-corrected chi connectivity index (χ4v) is 2.93. The zero-order valence-electron chi connectivity index (χ0n) is 12.0. The van der Waals surface area contributed by atoms with Crippen molar-refractivity contribution < 1.29 is 4.79 Å². The number of hydrogen-bond acceptors (Lipinski definition) is 2. The standard InChI is InChI=1S/C17H24N2O/c1-2-12-19(15-10-6-7-11-15)17(20)13-16(18)14-8-4-3-5-9-14/h2-5,8-9,15-16H,1,6-7,10-13,18H2. The first kappa shape index (κ1) is 14.8. The summed E-state index contributed by atoms with van der Waals surface area (Å²) in [5, 5.41) is 0. The molecule has 108 valence electrons. The summed E-state index contributed by atoms with van der Waals surface area (Å²) in [5.41, 5.74) is 7.17. The van der Waals surface area contributed by atoms with Crippen LogP contribution in [0.5, 0.6) is 0 Å². The minimum atomic E-state index is -0.225. The van der Waals surface area contributed by atoms with Gasteiger partial charge in [0.05, 0.1) is 0 Å². The van der Waals surface area contributed by atoms with Crippen molar-refractivity contribution in [2.24, 2.45) is 5.73 Å². The van der Waals surface area contributed by atoms with Gasteiger partial charge in [-0.3, -0.25) is 4.79 Å². The van der Waals surface area contributed by atoms with Gasteiger partial charge in [-0.15, -0.1) is 6.58 Å². The highest BCUT2D eigenvalue weighted by molar-refractivity contribution is 5.77. The van der Waals surface area contributed by atoms with Gasteiger partial charge in [0, 0.05) is 25.0 Å². The number of nitrogens with zero attached hydrogens (tertiary/aromatic N) is 1. The lowest BCUT2D eigenvalue weighted by Crippen LogP contribution is -2.40. The molecule has 0 aliphatic heterocycles. The van der Waals surface area contributed by atoms with Crippen LogP contribution in [0.4, 0.5) is 0 Å². The topological polar surface area (TPSA) is 46.3 Å². The molecule has 3 heteroatoms. The van der Waals surface area contributed by atoms with Crippen LogP contribution in [0.3, 0.4) is 0 Å². The monoisotopic (exact) mass is 272 g/mol. The van der Waals surface area contributed by atoms with E-state index in [0.717, 1.165) is 18.4 Å². The Morgan fingerprint density at radius 3 is 2.60 bits per heavy atom. The summed E-state index contributed by atoms with van der Waals surface area (Å²) in [5.74, 6) is 0.146. The molecule has 0 aromatic heterocycles. The predicted octanol–water partition coefficient (Wildman–Crippen LogP) is 3.03. The van der Waals surface area contributed by atoms with Crippen molar-refractivity contribution in [2.75, 3.05) is 6.54 Å². The molecule has 0 radical (unpaired) electrons. The van der Waals surface area contributed by atoms with Crippen LogP contribution < -0.4 is 5.73 Å². The molecule has 20 heavy (non-hydrogen) atoms. The largest absolute Gasteiger partial charge is 0.336 e. The number of rotatable bonds is 6. The Morgan fingerprint density at radius 1 is 1.35 bits per heavy atom. The lowest BCUT2D eigenvalue weighted by atomic mass is 10.0. The Bertz CT molecular complexity index is 438. The average Bonchev–Trinajstić information content (AvgIpc) is 2.99. The van der Waals surface area contributed by atoms with Crippen molar-refractivity contribution in [1.29, 1.82) is 0 Å². The first-order valence-corrected chi connectivity index (χ1v) is 7.43. The van der Waals surface area contributed by atoms with E-state index in [4.69, 9.17) is 5.73 Å². The highest BCUT2D eigenvalue weighted by Crippen LogP contribution is 2.25. The molecule has 0 saturated heterocycles. The van der Waals surface area contributed by atoms with Gasteiger partial charge in [-0.2, -0.15) is 0 Å². The second-order valence-corrected chi connectivity index (χ2v) is 5.49. The summed E-state index contributed by atoms with van der Waals surface area (Å²) in [6.07, 6.45) is 6.84. The van der Waals surface area contributed by atoms with Crippen LogP contribution in [-0.4, -0.2) is 23.4 Å². The zero-order chi connectivity index (χ0) is 14.4. The van der Waals surface area contributed by atoms with Crippen LogP contribution in [-0.2, 0) is 4.79 Å². The van der Waals surface area contributed by atoms with E-state index in [-0.39, 0.29) is 11.9 Å². The van der Waals surface area contributed by atoms with Crippen LogP contribution in [0.25, 0.3) is 0 Å². The van der Waals surface area contributed by atoms with Gasteiger partial charge in [0.15, 0.2) is 0 Å². The van der Waals surface area contributed by atoms with Crippen molar-refractivity contribution in [2.45, 2.75) is 44.2 Å². The average molecular weight is 272 g/mol. The molecule has 0 heterocycles. The fourth-order valence-electron chi connectivity index (χ4n) is 2.93. The van der Waals surface area contributed by atoms with Crippen molar-refractivity contribution in [3.05, 3.63) is 48.6 Å². The van der Waals surface area contributed by atoms with Gasteiger partial charge in [-0.05, 0) is 18.4 Å². The Kier molecular flexibility index (Phi) is 5.36. The van der Waals surface area contributed by atoms with E-state index in [2.05, 4.69) is 6.58 Å². The van der Waals surface area contributed by atoms with Gasteiger partial charge in [0.1, 0.15) is 0 Å². The molecule has 1 aliphatic rings. The van der Waals surface area contributed by atoms with Crippen molar-refractivity contribution in [1.82, 2.24) is 4.90 Å². The van der Waals surface area contributed by atoms with E-state index >= 15 is 0 Å². The van der Waals surface area contributed by atoms with Crippen LogP contribution in [0, 0.1) is 0 Å². The molecule has 1 aliphatic carbocycles. The number of nitrogens with two attached hydrogens (primary N) is 1. The summed E-state index contributed by atoms with van der Waals surface area (Å²) in [4.78, 5) is 14.5. The van der Waals surface area contributed by atoms with E-state index in [9.17, 15) is 4.79 Å². The molecule has 1 saturated carbocycles. The van der Waals surface area contributed by atoms with Crippen molar-refractivity contribution >= 4 is 5.91 Å². The molecule has 1 fully saturated rings. The molecule has 1 amide bonds. The Labute approximate surface area is 121 Å². The number of amides is 1. The molecular weight excluding hydrogens is 248 g/mol. The first-order valence-electron chi connectivity index (χ1n) is 7.43. The Balaban J connectivity index is 1.99. The van der Waals surface area contributed by atoms with E-state index in [0.29, 0.717) is 19.0 Å². The number of hydrogen-bond donors (Lipinski definition) is 1. The van der Waals surface area contributed by atoms with Crippen LogP contribution in [0.2, 0.25) is 0 Å². The quantitative estimate of drug-likeness (QED) is 0.809. The molecule has 1 aromatic rings. The van der Waals surface area contributed by atoms with Gasteiger partial charge in [-0.25, -0.2) is 0 Å². The molecule has 1 atom stereocenters. The summed E-state index contributed by atoms with van der Waals surface area (Å²) in [7, 11) is 0. The molecule has 1 unspecified atom stereocenters. The van der Waals surface area contributed by atoms with E-state index in [1.165, 1.54) is 12.8 Å². The van der Waals surface area contributed by atoms with Crippen LogP contribution >= 0.6 is 0 Å². The SMILES string of the molecule is C=CCN(C(=O)CC(N)c1ccccc1)C1CCCC1. The second kappa shape index (κ2) is 7.25. The smallest absolute Gasteiger partial charge is 0.225 e. The van der Waals surface area contributed by atoms with Crippen molar-refractivity contribution in [3.8, 4) is 0 Å². The van der Waals surface area contributed by atoms with Crippen molar-refractivity contribution in [3.63, 3.8) is 0 Å². The van der Waals surface area contributed by atoms with Crippen LogP contribution in [0.15, 0.2) is 43.0 Å². The highest BCUT2D eigenvalue weighted by atomic mass is 16.2. The molecule has 2 N–H and O–H groups in total. The van der Waals surface area contributed by atoms with E-state index in [1.807, 2.05) is 41.3 Å². The lowest BCUT2D eigenvalue weighted by molar-refractivity contribution is -0.133. The molecule has 3 nitrogen and oxygen atoms in total. The van der Waals surface area contributed by atoms with Gasteiger partial charge < -0.3 is 10.6 Å². The third-order valence-corrected chi connectivity index (χ3v) is 4.03. The summed E-state index contributed by atoms with van der Waals surface area (Å²) < 4.78 is 0. The van der Waals surface area contributed by atoms with Gasteiger partial charge in [-0.1, -0.05) is 49.2 Å². The Hall–Kier alpha value is -1.61. The summed E-state index contributed by atoms with van der Waals surface area (Å²) in [6, 6.07) is 9.98. The normalized spacial score (nSPS) is 16.9. The lowest BCUT2D eigenvalue weighted by Gasteiger charge is -2.29. The fraction of sp³-hybridized carbons (Fsp3) is 0.471. The maximum Gasteiger partial charge on any atom is 0.225 e. The second-order valence-electron chi connectivity index (χ2n) is 5.49. The number of carbonyl (C=O) groups excluding carboxylic acids is 1. The van der Waals surface area contributed by atoms with Gasteiger partial charge in [0.2, 0.25) is 5.91 Å². The molecule has 2 rings (SSSR count). The number of benzene rings is 1. The number of carbonyl (C=O) groups is 1. The third kappa shape index (κ3) is 3.70. The minimum absolute atomic E-state index is 0.146. The summed E-state index contributed by atoms with van der Waals surface area (Å²) >= 11 is 0. The van der Waals surface area contributed by atoms with E-state index < -0.39 is 0 Å². The maximum atomic E-state index is 12.5. The van der Waals surface area contributed by atoms with Gasteiger partial charge in [0.25, 0.3) is 0 Å². The third-order valence-electron chi connectivity index (χ3n) is 4.03. The van der Waals surface area contributed by atoms with E-state index in [1.54, 1.807) is 0 Å². The first-order chi connectivity index (χ1) is 9.72. The maximum absolute atomic E-state index is 12.5. The highest BCUT2D eigenvalue weighted by Gasteiger charge is 2.26. The molecule has 0 spiro atoms. The minimum Gasteiger partial charge on any atom is -0.336 e.